The molecular weight excluding hydrogens is 234 g/mol. The fourth-order valence-corrected chi connectivity index (χ4v) is 3.24. The van der Waals surface area contributed by atoms with Gasteiger partial charge in [-0.15, -0.1) is 0 Å². The highest BCUT2D eigenvalue weighted by Crippen LogP contribution is 2.32. The van der Waals surface area contributed by atoms with Crippen LogP contribution in [-0.2, 0) is 4.74 Å². The zero-order valence-electron chi connectivity index (χ0n) is 11.7. The summed E-state index contributed by atoms with van der Waals surface area (Å²) in [5.41, 5.74) is 2.96. The lowest BCUT2D eigenvalue weighted by molar-refractivity contribution is -0.0473. The minimum absolute atomic E-state index is 0.458. The average molecular weight is 257 g/mol. The Bertz CT molecular complexity index is 434. The van der Waals surface area contributed by atoms with Crippen molar-refractivity contribution < 1.29 is 4.74 Å². The number of nitrogens with zero attached hydrogens (tertiary/aromatic N) is 1. The molecule has 1 aliphatic heterocycles. The highest BCUT2D eigenvalue weighted by atomic mass is 16.5. The van der Waals surface area contributed by atoms with E-state index in [-0.39, 0.29) is 0 Å². The third-order valence-corrected chi connectivity index (χ3v) is 4.42. The molecule has 1 saturated heterocycles. The van der Waals surface area contributed by atoms with Crippen LogP contribution in [0.15, 0.2) is 35.9 Å². The Kier molecular flexibility index (Phi) is 4.00. The van der Waals surface area contributed by atoms with Crippen molar-refractivity contribution in [2.24, 2.45) is 0 Å². The third-order valence-electron chi connectivity index (χ3n) is 4.42. The molecule has 2 fully saturated rings. The van der Waals surface area contributed by atoms with Gasteiger partial charge in [0.2, 0.25) is 0 Å². The molecule has 1 unspecified atom stereocenters. The first-order chi connectivity index (χ1) is 9.36. The maximum Gasteiger partial charge on any atom is 0.0825 e. The van der Waals surface area contributed by atoms with E-state index in [0.29, 0.717) is 12.1 Å². The van der Waals surface area contributed by atoms with Gasteiger partial charge in [-0.1, -0.05) is 48.4 Å². The second-order valence-electron chi connectivity index (χ2n) is 5.70. The molecule has 1 saturated carbocycles. The van der Waals surface area contributed by atoms with Gasteiger partial charge in [0.25, 0.3) is 0 Å². The number of rotatable bonds is 3. The normalized spacial score (nSPS) is 27.4. The Morgan fingerprint density at radius 2 is 1.95 bits per heavy atom. The van der Waals surface area contributed by atoms with Crippen molar-refractivity contribution in [3.05, 3.63) is 41.5 Å². The molecule has 1 aromatic carbocycles. The van der Waals surface area contributed by atoms with Gasteiger partial charge in [0.1, 0.15) is 0 Å². The van der Waals surface area contributed by atoms with Crippen LogP contribution < -0.4 is 0 Å². The number of ether oxygens (including phenoxy) is 1. The van der Waals surface area contributed by atoms with Crippen LogP contribution in [0.1, 0.15) is 31.2 Å². The molecule has 1 heterocycles. The summed E-state index contributed by atoms with van der Waals surface area (Å²) in [4.78, 5) is 2.59. The zero-order valence-corrected chi connectivity index (χ0v) is 11.7. The van der Waals surface area contributed by atoms with E-state index in [2.05, 4.69) is 41.3 Å². The molecule has 19 heavy (non-hydrogen) atoms. The van der Waals surface area contributed by atoms with Gasteiger partial charge in [-0.2, -0.15) is 0 Å². The first-order valence-corrected chi connectivity index (χ1v) is 7.39. The highest BCUT2D eigenvalue weighted by Gasteiger charge is 2.34. The summed E-state index contributed by atoms with van der Waals surface area (Å²) < 4.78 is 5.40. The molecule has 0 spiro atoms. The predicted octanol–water partition coefficient (Wildman–Crippen LogP) is 3.34. The summed E-state index contributed by atoms with van der Waals surface area (Å²) >= 11 is 0. The van der Waals surface area contributed by atoms with E-state index in [9.17, 15) is 0 Å². The lowest BCUT2D eigenvalue weighted by atomic mass is 9.86. The molecule has 0 N–H and O–H groups in total. The number of methoxy groups -OCH3 is 1. The first kappa shape index (κ1) is 12.9. The van der Waals surface area contributed by atoms with Gasteiger partial charge in [0, 0.05) is 26.2 Å². The van der Waals surface area contributed by atoms with E-state index in [1.165, 1.54) is 31.2 Å². The monoisotopic (exact) mass is 257 g/mol. The van der Waals surface area contributed by atoms with E-state index in [4.69, 9.17) is 4.74 Å². The van der Waals surface area contributed by atoms with Crippen LogP contribution in [0, 0.1) is 0 Å². The van der Waals surface area contributed by atoms with Gasteiger partial charge >= 0.3 is 0 Å². The van der Waals surface area contributed by atoms with Crippen molar-refractivity contribution in [3.63, 3.8) is 0 Å². The van der Waals surface area contributed by atoms with Gasteiger partial charge in [-0.3, -0.25) is 4.90 Å². The maximum absolute atomic E-state index is 5.40. The van der Waals surface area contributed by atoms with Gasteiger partial charge in [-0.25, -0.2) is 0 Å². The lowest BCUT2D eigenvalue weighted by Crippen LogP contribution is -2.57. The minimum atomic E-state index is 0.458. The molecule has 0 bridgehead atoms. The largest absolute Gasteiger partial charge is 0.379 e. The fourth-order valence-electron chi connectivity index (χ4n) is 3.24. The topological polar surface area (TPSA) is 12.5 Å². The fraction of sp³-hybridized carbons (Fsp3) is 0.529. The molecule has 2 aliphatic rings. The van der Waals surface area contributed by atoms with E-state index in [1.807, 2.05) is 7.11 Å². The van der Waals surface area contributed by atoms with Gasteiger partial charge in [-0.05, 0) is 24.8 Å². The van der Waals surface area contributed by atoms with Crippen molar-refractivity contribution >= 4 is 6.08 Å². The first-order valence-electron chi connectivity index (χ1n) is 7.39. The van der Waals surface area contributed by atoms with Crippen molar-refractivity contribution in [3.8, 4) is 0 Å². The van der Waals surface area contributed by atoms with Crippen LogP contribution in [-0.4, -0.2) is 37.2 Å². The number of hydrogen-bond donors (Lipinski definition) is 0. The predicted molar refractivity (Wildman–Crippen MR) is 79.0 cm³/mol. The van der Waals surface area contributed by atoms with E-state index >= 15 is 0 Å². The SMILES string of the molecule is COC1CN(C2CCCCC2=Cc2ccccc2)C1. The molecule has 1 aliphatic carbocycles. The molecule has 1 atom stereocenters. The van der Waals surface area contributed by atoms with Gasteiger partial charge in [0.05, 0.1) is 6.10 Å². The Morgan fingerprint density at radius 1 is 1.16 bits per heavy atom. The molecule has 0 amide bonds. The zero-order chi connectivity index (χ0) is 13.1. The second kappa shape index (κ2) is 5.89. The molecule has 3 rings (SSSR count). The van der Waals surface area contributed by atoms with Crippen LogP contribution in [0.4, 0.5) is 0 Å². The Morgan fingerprint density at radius 3 is 2.68 bits per heavy atom. The molecule has 1 aromatic rings. The van der Waals surface area contributed by atoms with Crippen molar-refractivity contribution in [2.75, 3.05) is 20.2 Å². The van der Waals surface area contributed by atoms with Crippen molar-refractivity contribution in [1.82, 2.24) is 4.90 Å². The molecule has 2 nitrogen and oxygen atoms in total. The van der Waals surface area contributed by atoms with Crippen LogP contribution >= 0.6 is 0 Å². The van der Waals surface area contributed by atoms with Crippen molar-refractivity contribution in [2.45, 2.75) is 37.8 Å². The van der Waals surface area contributed by atoms with Crippen LogP contribution in [0.5, 0.6) is 0 Å². The molecule has 2 heteroatoms. The summed E-state index contributed by atoms with van der Waals surface area (Å²) in [6.45, 7) is 2.21. The molecule has 0 radical (unpaired) electrons. The smallest absolute Gasteiger partial charge is 0.0825 e. The summed E-state index contributed by atoms with van der Waals surface area (Å²) in [6, 6.07) is 11.4. The number of likely N-dealkylation sites (tertiary alicyclic amines) is 1. The quantitative estimate of drug-likeness (QED) is 0.823. The summed E-state index contributed by atoms with van der Waals surface area (Å²) in [6.07, 6.45) is 8.15. The molecule has 102 valence electrons. The van der Waals surface area contributed by atoms with E-state index in [1.54, 1.807) is 5.57 Å². The van der Waals surface area contributed by atoms with Crippen LogP contribution in [0.3, 0.4) is 0 Å². The minimum Gasteiger partial charge on any atom is -0.379 e. The average Bonchev–Trinajstić information content (AvgIpc) is 2.41. The van der Waals surface area contributed by atoms with Crippen LogP contribution in [0.25, 0.3) is 6.08 Å². The molecule has 0 aromatic heterocycles. The Hall–Kier alpha value is -1.12. The summed E-state index contributed by atoms with van der Waals surface area (Å²) in [7, 11) is 1.82. The lowest BCUT2D eigenvalue weighted by Gasteiger charge is -2.46. The highest BCUT2D eigenvalue weighted by molar-refractivity contribution is 5.54. The number of benzene rings is 1. The summed E-state index contributed by atoms with van der Waals surface area (Å²) in [5, 5.41) is 0. The standard InChI is InChI=1S/C17H23NO/c1-19-16-12-18(13-16)17-10-6-5-9-15(17)11-14-7-3-2-4-8-14/h2-4,7-8,11,16-17H,5-6,9-10,12-13H2,1H3. The van der Waals surface area contributed by atoms with E-state index < -0.39 is 0 Å². The van der Waals surface area contributed by atoms with E-state index in [0.717, 1.165) is 13.1 Å². The molecular formula is C17H23NO. The second-order valence-corrected chi connectivity index (χ2v) is 5.70. The Balaban J connectivity index is 1.73. The van der Waals surface area contributed by atoms with Crippen LogP contribution in [0.2, 0.25) is 0 Å². The summed E-state index contributed by atoms with van der Waals surface area (Å²) in [5.74, 6) is 0. The van der Waals surface area contributed by atoms with Crippen molar-refractivity contribution in [1.29, 1.82) is 0 Å². The van der Waals surface area contributed by atoms with Gasteiger partial charge < -0.3 is 4.74 Å². The maximum atomic E-state index is 5.40. The third kappa shape index (κ3) is 2.90. The number of hydrogen-bond acceptors (Lipinski definition) is 2. The Labute approximate surface area is 116 Å². The van der Waals surface area contributed by atoms with Gasteiger partial charge in [0.15, 0.2) is 0 Å².